The van der Waals surface area contributed by atoms with Gasteiger partial charge in [-0.15, -0.1) is 0 Å². The van der Waals surface area contributed by atoms with Crippen LogP contribution in [0.15, 0.2) is 18.2 Å². The number of hydrogen-bond donors (Lipinski definition) is 3. The van der Waals surface area contributed by atoms with Gasteiger partial charge in [-0.05, 0) is 50.8 Å². The number of carboxylic acid groups (broad SMARTS) is 1. The average molecular weight is 365 g/mol. The van der Waals surface area contributed by atoms with Gasteiger partial charge in [-0.2, -0.15) is 0 Å². The minimum absolute atomic E-state index is 0.0968. The fourth-order valence-electron chi connectivity index (χ4n) is 3.13. The number of aliphatic hydroxyl groups excluding tert-OH is 1. The first-order valence-electron chi connectivity index (χ1n) is 8.56. The van der Waals surface area contributed by atoms with E-state index in [4.69, 9.17) is 9.47 Å². The molecule has 26 heavy (non-hydrogen) atoms. The van der Waals surface area contributed by atoms with Gasteiger partial charge in [-0.3, -0.25) is 4.79 Å². The molecule has 7 heteroatoms. The Morgan fingerprint density at radius 1 is 1.38 bits per heavy atom. The second kappa shape index (κ2) is 7.15. The summed E-state index contributed by atoms with van der Waals surface area (Å²) in [5.41, 5.74) is -0.644. The van der Waals surface area contributed by atoms with E-state index in [1.807, 2.05) is 6.92 Å². The summed E-state index contributed by atoms with van der Waals surface area (Å²) in [6.45, 7) is 7.25. The number of carboxylic acids is 1. The standard InChI is InChI=1S/C19H27NO6/c1-11-9-19(11,16(22)23)15(21)12-6-7-14(25-5)13(8-12)10-20-17(24)26-18(2,3)4/h6-8,11,15,21H,9-10H2,1-5H3,(H,20,24)(H,22,23). The topological polar surface area (TPSA) is 105 Å². The van der Waals surface area contributed by atoms with Crippen LogP contribution in [0.1, 0.15) is 51.3 Å². The number of nitrogens with one attached hydrogen (secondary N) is 1. The molecule has 0 spiro atoms. The molecular formula is C19H27NO6. The van der Waals surface area contributed by atoms with Crippen molar-refractivity contribution >= 4 is 12.1 Å². The maximum Gasteiger partial charge on any atom is 0.407 e. The van der Waals surface area contributed by atoms with Crippen LogP contribution in [0, 0.1) is 11.3 Å². The van der Waals surface area contributed by atoms with E-state index in [1.165, 1.54) is 7.11 Å². The molecule has 1 aliphatic carbocycles. The van der Waals surface area contributed by atoms with Crippen molar-refractivity contribution in [1.29, 1.82) is 0 Å². The number of methoxy groups -OCH3 is 1. The van der Waals surface area contributed by atoms with Gasteiger partial charge >= 0.3 is 12.1 Å². The van der Waals surface area contributed by atoms with Gasteiger partial charge in [-0.1, -0.05) is 13.0 Å². The third kappa shape index (κ3) is 4.09. The monoisotopic (exact) mass is 365 g/mol. The molecule has 3 atom stereocenters. The van der Waals surface area contributed by atoms with Crippen molar-refractivity contribution in [2.24, 2.45) is 11.3 Å². The smallest absolute Gasteiger partial charge is 0.407 e. The lowest BCUT2D eigenvalue weighted by Gasteiger charge is -2.22. The van der Waals surface area contributed by atoms with E-state index >= 15 is 0 Å². The van der Waals surface area contributed by atoms with E-state index in [-0.39, 0.29) is 12.5 Å². The van der Waals surface area contributed by atoms with E-state index in [1.54, 1.807) is 39.0 Å². The molecule has 1 aliphatic rings. The molecule has 0 saturated heterocycles. The molecule has 2 rings (SSSR count). The fourth-order valence-corrected chi connectivity index (χ4v) is 3.13. The largest absolute Gasteiger partial charge is 0.496 e. The highest BCUT2D eigenvalue weighted by atomic mass is 16.6. The van der Waals surface area contributed by atoms with Crippen molar-refractivity contribution < 1.29 is 29.3 Å². The Bertz CT molecular complexity index is 696. The summed E-state index contributed by atoms with van der Waals surface area (Å²) >= 11 is 0. The summed E-state index contributed by atoms with van der Waals surface area (Å²) in [5.74, 6) is -0.563. The second-order valence-electron chi connectivity index (χ2n) is 7.78. The normalized spacial score (nSPS) is 23.1. The highest BCUT2D eigenvalue weighted by molar-refractivity contribution is 5.79. The lowest BCUT2D eigenvalue weighted by molar-refractivity contribution is -0.149. The van der Waals surface area contributed by atoms with Gasteiger partial charge < -0.3 is 25.0 Å². The summed E-state index contributed by atoms with van der Waals surface area (Å²) in [6, 6.07) is 4.97. The predicted octanol–water partition coefficient (Wildman–Crippen LogP) is 2.86. The van der Waals surface area contributed by atoms with E-state index in [9.17, 15) is 19.8 Å². The molecule has 0 radical (unpaired) electrons. The van der Waals surface area contributed by atoms with Gasteiger partial charge in [-0.25, -0.2) is 4.79 Å². The van der Waals surface area contributed by atoms with Crippen molar-refractivity contribution in [3.05, 3.63) is 29.3 Å². The summed E-state index contributed by atoms with van der Waals surface area (Å²) in [6.07, 6.45) is -1.26. The van der Waals surface area contributed by atoms with Crippen LogP contribution < -0.4 is 10.1 Å². The van der Waals surface area contributed by atoms with Crippen LogP contribution in [0.2, 0.25) is 0 Å². The van der Waals surface area contributed by atoms with Gasteiger partial charge in [0.05, 0.1) is 13.2 Å². The van der Waals surface area contributed by atoms with Crippen molar-refractivity contribution in [3.63, 3.8) is 0 Å². The van der Waals surface area contributed by atoms with Crippen molar-refractivity contribution in [2.75, 3.05) is 7.11 Å². The summed E-state index contributed by atoms with van der Waals surface area (Å²) in [4.78, 5) is 23.5. The SMILES string of the molecule is COc1ccc(C(O)C2(C(=O)O)CC2C)cc1CNC(=O)OC(C)(C)C. The summed E-state index contributed by atoms with van der Waals surface area (Å²) < 4.78 is 10.5. The van der Waals surface area contributed by atoms with Crippen LogP contribution in [-0.4, -0.2) is 35.0 Å². The molecule has 1 amide bonds. The number of aliphatic carboxylic acids is 1. The van der Waals surface area contributed by atoms with E-state index in [0.717, 1.165) is 0 Å². The van der Waals surface area contributed by atoms with Crippen LogP contribution in [0.4, 0.5) is 4.79 Å². The molecule has 0 aliphatic heterocycles. The molecule has 3 unspecified atom stereocenters. The third-order valence-corrected chi connectivity index (χ3v) is 4.69. The molecule has 0 bridgehead atoms. The molecule has 1 aromatic rings. The maximum absolute atomic E-state index is 11.9. The molecule has 1 aromatic carbocycles. The lowest BCUT2D eigenvalue weighted by atomic mass is 9.90. The number of aliphatic hydroxyl groups is 1. The first-order valence-corrected chi connectivity index (χ1v) is 8.56. The minimum Gasteiger partial charge on any atom is -0.496 e. The first kappa shape index (κ1) is 20.0. The molecule has 144 valence electrons. The zero-order valence-electron chi connectivity index (χ0n) is 15.8. The number of ether oxygens (including phenoxy) is 2. The fraction of sp³-hybridized carbons (Fsp3) is 0.579. The van der Waals surface area contributed by atoms with E-state index in [2.05, 4.69) is 5.32 Å². The number of hydrogen-bond acceptors (Lipinski definition) is 5. The number of carbonyl (C=O) groups is 2. The van der Waals surface area contributed by atoms with Crippen LogP contribution in [-0.2, 0) is 16.1 Å². The van der Waals surface area contributed by atoms with Gasteiger partial charge in [0.1, 0.15) is 16.8 Å². The highest BCUT2D eigenvalue weighted by Crippen LogP contribution is 2.60. The molecule has 3 N–H and O–H groups in total. The number of carbonyl (C=O) groups excluding carboxylic acids is 1. The average Bonchev–Trinajstić information content (AvgIpc) is 3.23. The number of alkyl carbamates (subject to hydrolysis) is 1. The van der Waals surface area contributed by atoms with Gasteiger partial charge in [0.15, 0.2) is 0 Å². The zero-order valence-corrected chi connectivity index (χ0v) is 15.8. The van der Waals surface area contributed by atoms with Crippen molar-refractivity contribution in [3.8, 4) is 5.75 Å². The Labute approximate surface area is 153 Å². The second-order valence-corrected chi connectivity index (χ2v) is 7.78. The van der Waals surface area contributed by atoms with Crippen molar-refractivity contribution in [2.45, 2.75) is 52.4 Å². The zero-order chi connectivity index (χ0) is 19.7. The molecule has 1 fully saturated rings. The Balaban J connectivity index is 2.18. The molecule has 0 aromatic heterocycles. The number of amides is 1. The van der Waals surface area contributed by atoms with Crippen LogP contribution >= 0.6 is 0 Å². The number of benzene rings is 1. The number of rotatable bonds is 6. The van der Waals surface area contributed by atoms with Gasteiger partial charge in [0.2, 0.25) is 0 Å². The van der Waals surface area contributed by atoms with Crippen LogP contribution in [0.3, 0.4) is 0 Å². The van der Waals surface area contributed by atoms with Gasteiger partial charge in [0.25, 0.3) is 0 Å². The lowest BCUT2D eigenvalue weighted by Crippen LogP contribution is -2.32. The summed E-state index contributed by atoms with van der Waals surface area (Å²) in [5, 5.41) is 22.8. The molecule has 1 saturated carbocycles. The molecule has 0 heterocycles. The molecule has 7 nitrogen and oxygen atoms in total. The van der Waals surface area contributed by atoms with E-state index < -0.39 is 29.2 Å². The Morgan fingerprint density at radius 2 is 2.00 bits per heavy atom. The molecular weight excluding hydrogens is 338 g/mol. The minimum atomic E-state index is -1.15. The van der Waals surface area contributed by atoms with E-state index in [0.29, 0.717) is 23.3 Å². The van der Waals surface area contributed by atoms with Gasteiger partial charge in [0, 0.05) is 12.1 Å². The Kier molecular flexibility index (Phi) is 5.51. The third-order valence-electron chi connectivity index (χ3n) is 4.69. The highest BCUT2D eigenvalue weighted by Gasteiger charge is 2.62. The predicted molar refractivity (Wildman–Crippen MR) is 94.9 cm³/mol. The van der Waals surface area contributed by atoms with Crippen molar-refractivity contribution in [1.82, 2.24) is 5.32 Å². The quantitative estimate of drug-likeness (QED) is 0.716. The maximum atomic E-state index is 11.9. The van der Waals surface area contributed by atoms with Crippen LogP contribution in [0.5, 0.6) is 5.75 Å². The Hall–Kier alpha value is -2.28. The first-order chi connectivity index (χ1) is 12.0. The Morgan fingerprint density at radius 3 is 2.46 bits per heavy atom. The van der Waals surface area contributed by atoms with Crippen LogP contribution in [0.25, 0.3) is 0 Å². The summed E-state index contributed by atoms with van der Waals surface area (Å²) in [7, 11) is 1.50.